The van der Waals surface area contributed by atoms with E-state index in [1.165, 1.54) is 0 Å². The molecule has 1 fully saturated rings. The molecule has 0 aromatic rings. The van der Waals surface area contributed by atoms with Crippen LogP contribution in [0.2, 0.25) is 0 Å². The molecular formula is C12H18F6O. The minimum atomic E-state index is -5.69. The van der Waals surface area contributed by atoms with E-state index < -0.39 is 23.9 Å². The van der Waals surface area contributed by atoms with Crippen LogP contribution in [0, 0.1) is 17.8 Å². The molecule has 0 atom stereocenters. The summed E-state index contributed by atoms with van der Waals surface area (Å²) in [6.45, 7) is 3.79. The number of rotatable bonds is 2. The topological polar surface area (TPSA) is 20.2 Å². The van der Waals surface area contributed by atoms with Crippen LogP contribution in [-0.2, 0) is 0 Å². The minimum Gasteiger partial charge on any atom is -0.373 e. The van der Waals surface area contributed by atoms with E-state index in [1.807, 2.05) is 13.8 Å². The first-order valence-corrected chi connectivity index (χ1v) is 6.27. The highest BCUT2D eigenvalue weighted by atomic mass is 19.4. The molecule has 0 unspecified atom stereocenters. The Hall–Kier alpha value is -0.460. The molecule has 1 aliphatic carbocycles. The fraction of sp³-hybridized carbons (Fsp3) is 1.00. The van der Waals surface area contributed by atoms with E-state index in [-0.39, 0.29) is 37.5 Å². The SMILES string of the molecule is CC(C)C1CCC(C(O)(C(F)(F)F)C(F)(F)F)CC1. The molecule has 7 heteroatoms. The number of hydrogen-bond donors (Lipinski definition) is 1. The lowest BCUT2D eigenvalue weighted by Gasteiger charge is -2.42. The highest BCUT2D eigenvalue weighted by Crippen LogP contribution is 2.52. The predicted octanol–water partition coefficient (Wildman–Crippen LogP) is 4.30. The molecule has 114 valence electrons. The van der Waals surface area contributed by atoms with Crippen LogP contribution in [0.3, 0.4) is 0 Å². The maximum atomic E-state index is 12.7. The van der Waals surface area contributed by atoms with E-state index in [1.54, 1.807) is 0 Å². The van der Waals surface area contributed by atoms with Gasteiger partial charge in [-0.25, -0.2) is 0 Å². The van der Waals surface area contributed by atoms with Crippen LogP contribution in [0.4, 0.5) is 26.3 Å². The van der Waals surface area contributed by atoms with Crippen molar-refractivity contribution in [1.82, 2.24) is 0 Å². The summed E-state index contributed by atoms with van der Waals surface area (Å²) in [4.78, 5) is 0. The van der Waals surface area contributed by atoms with Crippen LogP contribution < -0.4 is 0 Å². The first-order valence-electron chi connectivity index (χ1n) is 6.27. The Labute approximate surface area is 108 Å². The molecule has 0 aromatic heterocycles. The fourth-order valence-corrected chi connectivity index (χ4v) is 2.83. The molecule has 1 aliphatic rings. The molecular weight excluding hydrogens is 274 g/mol. The molecule has 0 heterocycles. The molecule has 1 N–H and O–H groups in total. The van der Waals surface area contributed by atoms with E-state index in [2.05, 4.69) is 0 Å². The zero-order valence-corrected chi connectivity index (χ0v) is 10.8. The Bertz CT molecular complexity index is 284. The highest BCUT2D eigenvalue weighted by Gasteiger charge is 2.73. The van der Waals surface area contributed by atoms with Gasteiger partial charge in [-0.1, -0.05) is 13.8 Å². The van der Waals surface area contributed by atoms with E-state index >= 15 is 0 Å². The maximum absolute atomic E-state index is 12.7. The normalized spacial score (nSPS) is 26.8. The van der Waals surface area contributed by atoms with Gasteiger partial charge in [0.05, 0.1) is 0 Å². The molecule has 1 nitrogen and oxygen atoms in total. The second-order valence-corrected chi connectivity index (χ2v) is 5.62. The minimum absolute atomic E-state index is 0.127. The Morgan fingerprint density at radius 2 is 1.21 bits per heavy atom. The van der Waals surface area contributed by atoms with Crippen molar-refractivity contribution in [1.29, 1.82) is 0 Å². The van der Waals surface area contributed by atoms with Crippen LogP contribution in [-0.4, -0.2) is 23.1 Å². The van der Waals surface area contributed by atoms with Crippen molar-refractivity contribution in [3.8, 4) is 0 Å². The first kappa shape index (κ1) is 16.6. The number of alkyl halides is 6. The maximum Gasteiger partial charge on any atom is 0.426 e. The Morgan fingerprint density at radius 1 is 0.842 bits per heavy atom. The van der Waals surface area contributed by atoms with Gasteiger partial charge in [0.15, 0.2) is 0 Å². The molecule has 1 saturated carbocycles. The van der Waals surface area contributed by atoms with Gasteiger partial charge in [-0.05, 0) is 37.5 Å². The molecule has 19 heavy (non-hydrogen) atoms. The van der Waals surface area contributed by atoms with Crippen LogP contribution in [0.25, 0.3) is 0 Å². The monoisotopic (exact) mass is 292 g/mol. The Kier molecular flexibility index (Phi) is 4.49. The van der Waals surface area contributed by atoms with Gasteiger partial charge in [0.25, 0.3) is 5.60 Å². The fourth-order valence-electron chi connectivity index (χ4n) is 2.83. The van der Waals surface area contributed by atoms with Gasteiger partial charge < -0.3 is 5.11 Å². The summed E-state index contributed by atoms with van der Waals surface area (Å²) in [5.41, 5.74) is -4.58. The lowest BCUT2D eigenvalue weighted by molar-refractivity contribution is -0.387. The van der Waals surface area contributed by atoms with Crippen molar-refractivity contribution in [2.75, 3.05) is 0 Å². The van der Waals surface area contributed by atoms with Crippen LogP contribution >= 0.6 is 0 Å². The van der Waals surface area contributed by atoms with Gasteiger partial charge in [0.2, 0.25) is 0 Å². The molecule has 0 saturated heterocycles. The van der Waals surface area contributed by atoms with Gasteiger partial charge in [0, 0.05) is 5.92 Å². The standard InChI is InChI=1S/C12H18F6O/c1-7(2)8-3-5-9(6-4-8)10(19,11(13,14)15)12(16,17)18/h7-9,19H,3-6H2,1-2H3. The summed E-state index contributed by atoms with van der Waals surface area (Å²) in [6.07, 6.45) is -11.3. The molecule has 0 bridgehead atoms. The molecule has 1 rings (SSSR count). The predicted molar refractivity (Wildman–Crippen MR) is 57.3 cm³/mol. The third-order valence-electron chi connectivity index (χ3n) is 4.17. The third-order valence-corrected chi connectivity index (χ3v) is 4.17. The van der Waals surface area contributed by atoms with Gasteiger partial charge in [-0.3, -0.25) is 0 Å². The van der Waals surface area contributed by atoms with Gasteiger partial charge in [-0.2, -0.15) is 26.3 Å². The zero-order chi connectivity index (χ0) is 15.1. The average Bonchev–Trinajstić information content (AvgIpc) is 2.25. The smallest absolute Gasteiger partial charge is 0.373 e. The summed E-state index contributed by atoms with van der Waals surface area (Å²) < 4.78 is 76.0. The van der Waals surface area contributed by atoms with E-state index in [0.29, 0.717) is 0 Å². The molecule has 0 radical (unpaired) electrons. The summed E-state index contributed by atoms with van der Waals surface area (Å²) in [5, 5.41) is 9.28. The van der Waals surface area contributed by atoms with Crippen LogP contribution in [0.1, 0.15) is 39.5 Å². The first-order chi connectivity index (χ1) is 8.41. The van der Waals surface area contributed by atoms with Crippen LogP contribution in [0.15, 0.2) is 0 Å². The molecule has 0 aromatic carbocycles. The Balaban J connectivity index is 2.92. The average molecular weight is 292 g/mol. The summed E-state index contributed by atoms with van der Waals surface area (Å²) in [7, 11) is 0. The van der Waals surface area contributed by atoms with E-state index in [4.69, 9.17) is 0 Å². The van der Waals surface area contributed by atoms with E-state index in [9.17, 15) is 31.4 Å². The van der Waals surface area contributed by atoms with Crippen molar-refractivity contribution >= 4 is 0 Å². The van der Waals surface area contributed by atoms with Crippen molar-refractivity contribution in [3.63, 3.8) is 0 Å². The summed E-state index contributed by atoms with van der Waals surface area (Å²) >= 11 is 0. The lowest BCUT2D eigenvalue weighted by Crippen LogP contribution is -2.62. The lowest BCUT2D eigenvalue weighted by atomic mass is 9.70. The van der Waals surface area contributed by atoms with Gasteiger partial charge >= 0.3 is 12.4 Å². The van der Waals surface area contributed by atoms with Crippen LogP contribution in [0.5, 0.6) is 0 Å². The number of halogens is 6. The Morgan fingerprint density at radius 3 is 1.47 bits per heavy atom. The largest absolute Gasteiger partial charge is 0.426 e. The zero-order valence-electron chi connectivity index (χ0n) is 10.8. The second kappa shape index (κ2) is 5.14. The van der Waals surface area contributed by atoms with Crippen molar-refractivity contribution in [2.24, 2.45) is 17.8 Å². The molecule has 0 amide bonds. The summed E-state index contributed by atoms with van der Waals surface area (Å²) in [5.74, 6) is -1.45. The van der Waals surface area contributed by atoms with Crippen molar-refractivity contribution in [3.05, 3.63) is 0 Å². The number of hydrogen-bond acceptors (Lipinski definition) is 1. The number of aliphatic hydroxyl groups is 1. The van der Waals surface area contributed by atoms with Crippen molar-refractivity contribution < 1.29 is 31.4 Å². The highest BCUT2D eigenvalue weighted by molar-refractivity contribution is 5.00. The van der Waals surface area contributed by atoms with E-state index in [0.717, 1.165) is 0 Å². The molecule has 0 aliphatic heterocycles. The summed E-state index contributed by atoms with van der Waals surface area (Å²) in [6, 6.07) is 0. The van der Waals surface area contributed by atoms with Gasteiger partial charge in [0.1, 0.15) is 0 Å². The third kappa shape index (κ3) is 3.01. The quantitative estimate of drug-likeness (QED) is 0.752. The van der Waals surface area contributed by atoms with Crippen molar-refractivity contribution in [2.45, 2.75) is 57.5 Å². The molecule has 0 spiro atoms. The van der Waals surface area contributed by atoms with Gasteiger partial charge in [-0.15, -0.1) is 0 Å². The second-order valence-electron chi connectivity index (χ2n) is 5.62.